The summed E-state index contributed by atoms with van der Waals surface area (Å²) in [5.41, 5.74) is 13.1. The Kier molecular flexibility index (Phi) is 5.44. The molecule has 1 saturated carbocycles. The van der Waals surface area contributed by atoms with Crippen molar-refractivity contribution < 1.29 is 13.9 Å². The molecule has 0 saturated heterocycles. The lowest BCUT2D eigenvalue weighted by molar-refractivity contribution is 0.0946. The van der Waals surface area contributed by atoms with Crippen LogP contribution in [0.3, 0.4) is 0 Å². The molecule has 1 heterocycles. The lowest BCUT2D eigenvalue weighted by Gasteiger charge is -2.14. The minimum Gasteiger partial charge on any atom is -0.453 e. The number of aromatic nitrogens is 2. The Bertz CT molecular complexity index is 1130. The number of amides is 1. The number of ether oxygens (including phenoxy) is 1. The van der Waals surface area contributed by atoms with Gasteiger partial charge in [0.25, 0.3) is 5.91 Å². The molecule has 0 aliphatic heterocycles. The summed E-state index contributed by atoms with van der Waals surface area (Å²) in [6.07, 6.45) is 2.19. The maximum absolute atomic E-state index is 15.1. The largest absolute Gasteiger partial charge is 0.453 e. The first-order chi connectivity index (χ1) is 14.3. The Labute approximate surface area is 181 Å². The van der Waals surface area contributed by atoms with E-state index in [1.54, 1.807) is 6.07 Å². The molecule has 2 aromatic carbocycles. The van der Waals surface area contributed by atoms with Gasteiger partial charge in [-0.25, -0.2) is 9.37 Å². The predicted molar refractivity (Wildman–Crippen MR) is 113 cm³/mol. The van der Waals surface area contributed by atoms with Crippen LogP contribution in [0, 0.1) is 5.82 Å². The lowest BCUT2D eigenvalue weighted by Crippen LogP contribution is -2.24. The van der Waals surface area contributed by atoms with Gasteiger partial charge >= 0.3 is 0 Å². The Morgan fingerprint density at radius 2 is 2.03 bits per heavy atom. The normalized spacial score (nSPS) is 13.3. The summed E-state index contributed by atoms with van der Waals surface area (Å²) in [6, 6.07) is 8.29. The van der Waals surface area contributed by atoms with E-state index in [1.165, 1.54) is 12.1 Å². The molecule has 0 bridgehead atoms. The Balaban J connectivity index is 1.53. The number of halogens is 3. The quantitative estimate of drug-likeness (QED) is 0.409. The van der Waals surface area contributed by atoms with Crippen LogP contribution in [0.1, 0.15) is 40.4 Å². The fourth-order valence-electron chi connectivity index (χ4n) is 3.06. The maximum Gasteiger partial charge on any atom is 0.273 e. The van der Waals surface area contributed by atoms with E-state index in [0.29, 0.717) is 17.4 Å². The highest BCUT2D eigenvalue weighted by Gasteiger charge is 2.25. The molecule has 3 aromatic rings. The highest BCUT2D eigenvalue weighted by Crippen LogP contribution is 2.43. The number of aromatic amines is 1. The van der Waals surface area contributed by atoms with E-state index in [1.807, 2.05) is 12.1 Å². The van der Waals surface area contributed by atoms with Crippen LogP contribution >= 0.6 is 23.2 Å². The molecule has 156 valence electrons. The number of benzene rings is 2. The third-order valence-electron chi connectivity index (χ3n) is 4.68. The predicted octanol–water partition coefficient (Wildman–Crippen LogP) is 4.62. The number of nitrogens with one attached hydrogen (secondary N) is 2. The van der Waals surface area contributed by atoms with Crippen molar-refractivity contribution in [1.82, 2.24) is 15.3 Å². The first kappa shape index (κ1) is 20.3. The van der Waals surface area contributed by atoms with Crippen molar-refractivity contribution in [3.63, 3.8) is 0 Å². The number of carbonyl (C=O) groups excluding carboxylic acids is 1. The summed E-state index contributed by atoms with van der Waals surface area (Å²) in [6.45, 7) is -0.133. The van der Waals surface area contributed by atoms with Crippen LogP contribution in [0.15, 0.2) is 30.3 Å². The second-order valence-corrected chi connectivity index (χ2v) is 7.81. The van der Waals surface area contributed by atoms with E-state index in [2.05, 4.69) is 15.3 Å². The summed E-state index contributed by atoms with van der Waals surface area (Å²) < 4.78 is 20.8. The lowest BCUT2D eigenvalue weighted by atomic mass is 10.1. The van der Waals surface area contributed by atoms with Gasteiger partial charge in [0.15, 0.2) is 23.2 Å². The van der Waals surface area contributed by atoms with E-state index in [4.69, 9.17) is 39.4 Å². The van der Waals surface area contributed by atoms with Crippen LogP contribution in [-0.4, -0.2) is 15.9 Å². The number of H-pyrrole nitrogens is 1. The van der Waals surface area contributed by atoms with Gasteiger partial charge in [-0.1, -0.05) is 29.3 Å². The number of nitrogens with two attached hydrogens (primary N) is 2. The smallest absolute Gasteiger partial charge is 0.273 e. The van der Waals surface area contributed by atoms with Gasteiger partial charge in [-0.3, -0.25) is 4.79 Å². The van der Waals surface area contributed by atoms with Crippen molar-refractivity contribution in [2.75, 3.05) is 11.5 Å². The summed E-state index contributed by atoms with van der Waals surface area (Å²) in [5, 5.41) is 2.64. The van der Waals surface area contributed by atoms with Gasteiger partial charge in [0.2, 0.25) is 0 Å². The molecule has 4 rings (SSSR count). The Hall–Kier alpha value is -2.97. The van der Waals surface area contributed by atoms with Crippen LogP contribution < -0.4 is 21.5 Å². The number of anilines is 2. The van der Waals surface area contributed by atoms with Crippen molar-refractivity contribution in [3.05, 3.63) is 63.1 Å². The zero-order chi connectivity index (χ0) is 21.4. The molecule has 1 fully saturated rings. The molecular formula is C20H18Cl2FN5O2. The second-order valence-electron chi connectivity index (χ2n) is 7.03. The molecule has 1 amide bonds. The van der Waals surface area contributed by atoms with Crippen LogP contribution in [0.2, 0.25) is 10.2 Å². The van der Waals surface area contributed by atoms with Gasteiger partial charge in [0.1, 0.15) is 10.9 Å². The molecule has 0 radical (unpaired) electrons. The van der Waals surface area contributed by atoms with Crippen molar-refractivity contribution in [2.45, 2.75) is 25.3 Å². The van der Waals surface area contributed by atoms with Gasteiger partial charge in [0.05, 0.1) is 5.02 Å². The average molecular weight is 450 g/mol. The molecule has 30 heavy (non-hydrogen) atoms. The second kappa shape index (κ2) is 8.04. The fraction of sp³-hybridized carbons (Fsp3) is 0.200. The highest BCUT2D eigenvalue weighted by molar-refractivity contribution is 6.32. The number of rotatable bonds is 6. The molecule has 10 heteroatoms. The van der Waals surface area contributed by atoms with Crippen LogP contribution in [-0.2, 0) is 6.54 Å². The van der Waals surface area contributed by atoms with E-state index >= 15 is 4.39 Å². The number of hydrogen-bond acceptors (Lipinski definition) is 5. The molecule has 6 N–H and O–H groups in total. The van der Waals surface area contributed by atoms with Crippen molar-refractivity contribution in [2.24, 2.45) is 0 Å². The third kappa shape index (κ3) is 4.29. The molecule has 1 aliphatic rings. The first-order valence-electron chi connectivity index (χ1n) is 9.16. The first-order valence-corrected chi connectivity index (χ1v) is 9.91. The minimum atomic E-state index is -0.689. The Morgan fingerprint density at radius 3 is 2.70 bits per heavy atom. The van der Waals surface area contributed by atoms with Gasteiger partial charge in [-0.15, -0.1) is 0 Å². The summed E-state index contributed by atoms with van der Waals surface area (Å²) in [5.74, 6) is -0.567. The number of nitrogens with zero attached hydrogens (tertiary/aromatic N) is 1. The van der Waals surface area contributed by atoms with Gasteiger partial charge in [-0.05, 0) is 42.5 Å². The van der Waals surface area contributed by atoms with Gasteiger partial charge in [0, 0.05) is 23.9 Å². The molecule has 0 unspecified atom stereocenters. The van der Waals surface area contributed by atoms with Gasteiger partial charge in [-0.2, -0.15) is 0 Å². The number of nitrogen functional groups attached to an aromatic ring is 2. The van der Waals surface area contributed by atoms with Crippen LogP contribution in [0.5, 0.6) is 11.5 Å². The molecule has 1 aromatic heterocycles. The van der Waals surface area contributed by atoms with Crippen molar-refractivity contribution in [1.29, 1.82) is 0 Å². The third-order valence-corrected chi connectivity index (χ3v) is 5.25. The molecule has 1 aliphatic carbocycles. The molecule has 7 nitrogen and oxygen atoms in total. The highest BCUT2D eigenvalue weighted by atomic mass is 35.5. The SMILES string of the molecule is Nc1cc(Oc2c(Cl)ccc(CNC(=O)c3nc(N)[nH]c3Cl)c2F)cc(C2CC2)c1. The Morgan fingerprint density at radius 1 is 1.27 bits per heavy atom. The standard InChI is InChI=1S/C20H18Cl2FN5O2/c21-14-4-3-10(8-26-19(29)16-18(22)28-20(25)27-16)15(23)17(14)30-13-6-11(9-1-2-9)5-12(24)7-13/h3-7,9H,1-2,8,24H2,(H,26,29)(H3,25,27,28). The number of carbonyl (C=O) groups is 1. The molecule has 0 atom stereocenters. The molecule has 0 spiro atoms. The topological polar surface area (TPSA) is 119 Å². The zero-order valence-electron chi connectivity index (χ0n) is 15.6. The number of imidazole rings is 1. The average Bonchev–Trinajstić information content (AvgIpc) is 3.48. The molecular weight excluding hydrogens is 432 g/mol. The zero-order valence-corrected chi connectivity index (χ0v) is 17.1. The summed E-state index contributed by atoms with van der Waals surface area (Å²) >= 11 is 12.0. The van der Waals surface area contributed by atoms with Crippen molar-refractivity contribution in [3.8, 4) is 11.5 Å². The van der Waals surface area contributed by atoms with Crippen LogP contribution in [0.25, 0.3) is 0 Å². The van der Waals surface area contributed by atoms with E-state index < -0.39 is 11.7 Å². The van der Waals surface area contributed by atoms with Crippen molar-refractivity contribution >= 4 is 40.7 Å². The maximum atomic E-state index is 15.1. The minimum absolute atomic E-state index is 0.00117. The summed E-state index contributed by atoms with van der Waals surface area (Å²) in [4.78, 5) is 18.5. The fourth-order valence-corrected chi connectivity index (χ4v) is 3.47. The van der Waals surface area contributed by atoms with Gasteiger partial charge < -0.3 is 26.5 Å². The number of hydrogen-bond donors (Lipinski definition) is 4. The van der Waals surface area contributed by atoms with E-state index in [-0.39, 0.29) is 39.7 Å². The summed E-state index contributed by atoms with van der Waals surface area (Å²) in [7, 11) is 0. The monoisotopic (exact) mass is 449 g/mol. The van der Waals surface area contributed by atoms with Crippen LogP contribution in [0.4, 0.5) is 16.0 Å². The van der Waals surface area contributed by atoms with E-state index in [0.717, 1.165) is 18.4 Å². The van der Waals surface area contributed by atoms with E-state index in [9.17, 15) is 4.79 Å².